The van der Waals surface area contributed by atoms with Crippen LogP contribution in [0.25, 0.3) is 11.1 Å². The van der Waals surface area contributed by atoms with E-state index in [9.17, 15) is 27.5 Å². The zero-order chi connectivity index (χ0) is 27.7. The van der Waals surface area contributed by atoms with Crippen LogP contribution < -0.4 is 20.7 Å². The number of aliphatic carboxylic acids is 1. The quantitative estimate of drug-likeness (QED) is 0.327. The molecular formula is C26H23ClF4N6O2. The molecule has 13 heteroatoms. The second-order valence-corrected chi connectivity index (χ2v) is 9.63. The summed E-state index contributed by atoms with van der Waals surface area (Å²) in [5, 5.41) is 13.4. The van der Waals surface area contributed by atoms with Crippen molar-refractivity contribution in [2.45, 2.75) is 25.1 Å². The maximum absolute atomic E-state index is 13.6. The molecule has 3 heterocycles. The summed E-state index contributed by atoms with van der Waals surface area (Å²) >= 11 is 5.86. The molecule has 2 aliphatic heterocycles. The SMILES string of the molecule is O=C(O)C1CCCN(c2cccc(-c3cnc(Nc4ccc(F)c(Cl)c4)nc3N3C=CC(C(F)(F)F)N3)c2)C1. The fraction of sp³-hybridized carbons (Fsp3) is 0.269. The molecule has 0 amide bonds. The molecule has 2 unspecified atom stereocenters. The first-order chi connectivity index (χ1) is 18.6. The number of carbonyl (C=O) groups is 1. The third-order valence-electron chi connectivity index (χ3n) is 6.52. The summed E-state index contributed by atoms with van der Waals surface area (Å²) in [6, 6.07) is 9.29. The molecule has 39 heavy (non-hydrogen) atoms. The number of nitrogens with one attached hydrogen (secondary N) is 2. The van der Waals surface area contributed by atoms with Gasteiger partial charge in [0.1, 0.15) is 11.9 Å². The van der Waals surface area contributed by atoms with Gasteiger partial charge >= 0.3 is 12.1 Å². The Hall–Kier alpha value is -3.90. The third kappa shape index (κ3) is 5.91. The van der Waals surface area contributed by atoms with Crippen LogP contribution in [0.2, 0.25) is 5.02 Å². The number of hydrogen-bond donors (Lipinski definition) is 3. The Labute approximate surface area is 225 Å². The number of benzene rings is 2. The van der Waals surface area contributed by atoms with Crippen LogP contribution in [0.4, 0.5) is 40.7 Å². The van der Waals surface area contributed by atoms with E-state index in [1.54, 1.807) is 12.1 Å². The summed E-state index contributed by atoms with van der Waals surface area (Å²) in [5.74, 6) is -1.73. The van der Waals surface area contributed by atoms with E-state index in [4.69, 9.17) is 11.6 Å². The van der Waals surface area contributed by atoms with Crippen molar-refractivity contribution >= 4 is 40.7 Å². The van der Waals surface area contributed by atoms with Crippen LogP contribution in [-0.4, -0.2) is 46.4 Å². The van der Waals surface area contributed by atoms with Crippen molar-refractivity contribution in [1.29, 1.82) is 0 Å². The van der Waals surface area contributed by atoms with Gasteiger partial charge in [-0.2, -0.15) is 18.2 Å². The van der Waals surface area contributed by atoms with Crippen LogP contribution in [0.15, 0.2) is 60.9 Å². The Bertz CT molecular complexity index is 1420. The van der Waals surface area contributed by atoms with Crippen molar-refractivity contribution in [3.63, 3.8) is 0 Å². The number of rotatable bonds is 6. The largest absolute Gasteiger partial charge is 0.481 e. The summed E-state index contributed by atoms with van der Waals surface area (Å²) in [5.41, 5.74) is 4.63. The van der Waals surface area contributed by atoms with E-state index in [0.29, 0.717) is 36.3 Å². The van der Waals surface area contributed by atoms with Crippen molar-refractivity contribution < 1.29 is 27.5 Å². The Morgan fingerprint density at radius 1 is 1.21 bits per heavy atom. The molecule has 204 valence electrons. The van der Waals surface area contributed by atoms with Gasteiger partial charge in [-0.1, -0.05) is 23.7 Å². The Morgan fingerprint density at radius 2 is 2.03 bits per heavy atom. The molecule has 0 spiro atoms. The van der Waals surface area contributed by atoms with E-state index in [1.807, 2.05) is 17.0 Å². The highest BCUT2D eigenvalue weighted by Gasteiger charge is 2.41. The number of anilines is 4. The van der Waals surface area contributed by atoms with Crippen LogP contribution in [0.3, 0.4) is 0 Å². The normalized spacial score (nSPS) is 19.4. The van der Waals surface area contributed by atoms with Crippen molar-refractivity contribution in [2.75, 3.05) is 28.3 Å². The smallest absolute Gasteiger partial charge is 0.409 e. The molecule has 3 aromatic rings. The fourth-order valence-electron chi connectivity index (χ4n) is 4.53. The highest BCUT2D eigenvalue weighted by molar-refractivity contribution is 6.31. The zero-order valence-electron chi connectivity index (χ0n) is 20.3. The maximum atomic E-state index is 13.6. The topological polar surface area (TPSA) is 93.6 Å². The summed E-state index contributed by atoms with van der Waals surface area (Å²) in [4.78, 5) is 22.3. The van der Waals surface area contributed by atoms with Gasteiger partial charge in [0.25, 0.3) is 0 Å². The Balaban J connectivity index is 1.50. The van der Waals surface area contributed by atoms with E-state index in [1.165, 1.54) is 35.6 Å². The lowest BCUT2D eigenvalue weighted by atomic mass is 9.97. The molecular weight excluding hydrogens is 540 g/mol. The molecule has 2 aliphatic rings. The average molecular weight is 563 g/mol. The standard InChI is InChI=1S/C26H23ClF4N6O2/c27-20-12-17(6-7-21(20)28)33-25-32-13-19(23(34-25)37-10-8-22(35-37)26(29,30)31)15-3-1-5-18(11-15)36-9-2-4-16(14-36)24(38)39/h1,3,5-8,10-13,16,22,35H,2,4,9,14H2,(H,38,39)(H,32,33,34). The molecule has 1 fully saturated rings. The lowest BCUT2D eigenvalue weighted by Crippen LogP contribution is -2.44. The zero-order valence-corrected chi connectivity index (χ0v) is 21.0. The minimum absolute atomic E-state index is 0.0542. The number of alkyl halides is 3. The predicted molar refractivity (Wildman–Crippen MR) is 139 cm³/mol. The average Bonchev–Trinajstić information content (AvgIpc) is 3.42. The lowest BCUT2D eigenvalue weighted by Gasteiger charge is -2.32. The number of piperidine rings is 1. The van der Waals surface area contributed by atoms with Gasteiger partial charge in [-0.15, -0.1) is 0 Å². The van der Waals surface area contributed by atoms with Crippen LogP contribution in [-0.2, 0) is 4.79 Å². The van der Waals surface area contributed by atoms with Gasteiger partial charge in [-0.05, 0) is 54.8 Å². The molecule has 0 aliphatic carbocycles. The number of aromatic nitrogens is 2. The lowest BCUT2D eigenvalue weighted by molar-refractivity contribution is -0.143. The highest BCUT2D eigenvalue weighted by atomic mass is 35.5. The van der Waals surface area contributed by atoms with E-state index in [-0.39, 0.29) is 16.8 Å². The van der Waals surface area contributed by atoms with Gasteiger partial charge in [0, 0.05) is 42.4 Å². The van der Waals surface area contributed by atoms with Gasteiger partial charge in [0.05, 0.1) is 10.9 Å². The first kappa shape index (κ1) is 26.7. The van der Waals surface area contributed by atoms with Crippen LogP contribution in [0.1, 0.15) is 12.8 Å². The van der Waals surface area contributed by atoms with Gasteiger partial charge in [-0.3, -0.25) is 9.80 Å². The van der Waals surface area contributed by atoms with Crippen LogP contribution in [0.5, 0.6) is 0 Å². The number of halogens is 5. The Kier molecular flexibility index (Phi) is 7.32. The predicted octanol–water partition coefficient (Wildman–Crippen LogP) is 5.75. The van der Waals surface area contributed by atoms with E-state index < -0.39 is 29.9 Å². The minimum atomic E-state index is -4.51. The molecule has 0 bridgehead atoms. The highest BCUT2D eigenvalue weighted by Crippen LogP contribution is 2.35. The molecule has 5 rings (SSSR count). The van der Waals surface area contributed by atoms with Gasteiger partial charge in [0.2, 0.25) is 5.95 Å². The molecule has 8 nitrogen and oxygen atoms in total. The van der Waals surface area contributed by atoms with Gasteiger partial charge < -0.3 is 15.3 Å². The third-order valence-corrected chi connectivity index (χ3v) is 6.81. The van der Waals surface area contributed by atoms with E-state index in [0.717, 1.165) is 18.2 Å². The van der Waals surface area contributed by atoms with E-state index in [2.05, 4.69) is 20.7 Å². The summed E-state index contributed by atoms with van der Waals surface area (Å²) in [7, 11) is 0. The van der Waals surface area contributed by atoms with Crippen LogP contribution >= 0.6 is 11.6 Å². The first-order valence-electron chi connectivity index (χ1n) is 12.1. The molecule has 0 saturated carbocycles. The Morgan fingerprint density at radius 3 is 2.74 bits per heavy atom. The van der Waals surface area contributed by atoms with Crippen molar-refractivity contribution in [1.82, 2.24) is 15.4 Å². The molecule has 1 aromatic heterocycles. The second kappa shape index (κ2) is 10.7. The number of nitrogens with zero attached hydrogens (tertiary/aromatic N) is 4. The van der Waals surface area contributed by atoms with E-state index >= 15 is 0 Å². The summed E-state index contributed by atoms with van der Waals surface area (Å²) in [6.07, 6.45) is 0.513. The first-order valence-corrected chi connectivity index (χ1v) is 12.4. The van der Waals surface area contributed by atoms with Crippen LogP contribution in [0, 0.1) is 11.7 Å². The van der Waals surface area contributed by atoms with Crippen molar-refractivity contribution in [3.8, 4) is 11.1 Å². The van der Waals surface area contributed by atoms with Crippen molar-refractivity contribution in [2.24, 2.45) is 5.92 Å². The van der Waals surface area contributed by atoms with Crippen molar-refractivity contribution in [3.05, 3.63) is 71.8 Å². The molecule has 1 saturated heterocycles. The van der Waals surface area contributed by atoms with Gasteiger partial charge in [0.15, 0.2) is 5.82 Å². The summed E-state index contributed by atoms with van der Waals surface area (Å²) < 4.78 is 53.7. The molecule has 0 radical (unpaired) electrons. The summed E-state index contributed by atoms with van der Waals surface area (Å²) in [6.45, 7) is 1.04. The monoisotopic (exact) mass is 562 g/mol. The minimum Gasteiger partial charge on any atom is -0.481 e. The number of hydrogen-bond acceptors (Lipinski definition) is 7. The second-order valence-electron chi connectivity index (χ2n) is 9.22. The van der Waals surface area contributed by atoms with Gasteiger partial charge in [-0.25, -0.2) is 14.8 Å². The molecule has 3 N–H and O–H groups in total. The number of hydrazine groups is 1. The molecule has 2 atom stereocenters. The fourth-order valence-corrected chi connectivity index (χ4v) is 4.71. The maximum Gasteiger partial charge on any atom is 0.409 e. The molecule has 2 aromatic carbocycles. The number of carboxylic acid groups (broad SMARTS) is 1. The number of carboxylic acids is 1.